The van der Waals surface area contributed by atoms with Crippen LogP contribution in [-0.2, 0) is 11.3 Å². The lowest BCUT2D eigenvalue weighted by molar-refractivity contribution is -0.112. The van der Waals surface area contributed by atoms with Crippen LogP contribution in [0.25, 0.3) is 6.08 Å². The lowest BCUT2D eigenvalue weighted by atomic mass is 10.1. The maximum absolute atomic E-state index is 12.6. The minimum absolute atomic E-state index is 0.0125. The molecule has 6 nitrogen and oxygen atoms in total. The van der Waals surface area contributed by atoms with Gasteiger partial charge in [-0.05, 0) is 45.4 Å². The van der Waals surface area contributed by atoms with E-state index in [-0.39, 0.29) is 5.57 Å². The number of methoxy groups -OCH3 is 1. The predicted octanol–water partition coefficient (Wildman–Crippen LogP) is 4.04. The Labute approximate surface area is 158 Å². The number of amides is 1. The summed E-state index contributed by atoms with van der Waals surface area (Å²) in [5, 5.41) is 17.1. The second-order valence-electron chi connectivity index (χ2n) is 5.83. The number of benzene rings is 1. The molecule has 1 amide bonds. The van der Waals surface area contributed by atoms with Crippen LogP contribution < -0.4 is 10.1 Å². The van der Waals surface area contributed by atoms with Crippen molar-refractivity contribution in [3.05, 3.63) is 45.2 Å². The highest BCUT2D eigenvalue weighted by Gasteiger charge is 2.16. The van der Waals surface area contributed by atoms with E-state index < -0.39 is 5.91 Å². The summed E-state index contributed by atoms with van der Waals surface area (Å²) < 4.78 is 7.09. The van der Waals surface area contributed by atoms with E-state index in [1.165, 1.54) is 7.11 Å². The Morgan fingerprint density at radius 3 is 2.65 bits per heavy atom. The standard InChI is InChI=1S/C19H21ClN4O2/c1-6-24-13(4)15(12(3)23-24)8-14(10-21)19(25)22-17-7-11(2)16(20)9-18(17)26-5/h7-9H,6H2,1-5H3,(H,22,25)/b14-8-. The molecule has 2 rings (SSSR count). The molecule has 0 radical (unpaired) electrons. The van der Waals surface area contributed by atoms with Crippen molar-refractivity contribution in [1.29, 1.82) is 5.26 Å². The first-order chi connectivity index (χ1) is 12.3. The molecule has 0 unspecified atom stereocenters. The fourth-order valence-corrected chi connectivity index (χ4v) is 2.79. The number of hydrogen-bond donors (Lipinski definition) is 1. The van der Waals surface area contributed by atoms with Gasteiger partial charge >= 0.3 is 0 Å². The van der Waals surface area contributed by atoms with Crippen molar-refractivity contribution in [2.45, 2.75) is 34.2 Å². The Morgan fingerprint density at radius 2 is 2.12 bits per heavy atom. The second-order valence-corrected chi connectivity index (χ2v) is 6.23. The summed E-state index contributed by atoms with van der Waals surface area (Å²) in [5.41, 5.74) is 3.69. The molecule has 0 aliphatic heterocycles. The van der Waals surface area contributed by atoms with Crippen LogP contribution >= 0.6 is 11.6 Å². The quantitative estimate of drug-likeness (QED) is 0.634. The monoisotopic (exact) mass is 372 g/mol. The summed E-state index contributed by atoms with van der Waals surface area (Å²) >= 11 is 6.08. The number of halogens is 1. The van der Waals surface area contributed by atoms with Gasteiger partial charge < -0.3 is 10.1 Å². The van der Waals surface area contributed by atoms with Gasteiger partial charge in [0.15, 0.2) is 0 Å². The lowest BCUT2D eigenvalue weighted by Crippen LogP contribution is -2.14. The van der Waals surface area contributed by atoms with Crippen molar-refractivity contribution >= 4 is 29.3 Å². The summed E-state index contributed by atoms with van der Waals surface area (Å²) in [6.07, 6.45) is 1.56. The normalized spacial score (nSPS) is 11.2. The molecule has 1 heterocycles. The minimum atomic E-state index is -0.518. The van der Waals surface area contributed by atoms with Crippen molar-refractivity contribution in [2.75, 3.05) is 12.4 Å². The second kappa shape index (κ2) is 8.07. The van der Waals surface area contributed by atoms with Gasteiger partial charge in [0.2, 0.25) is 0 Å². The number of hydrogen-bond acceptors (Lipinski definition) is 4. The first-order valence-electron chi connectivity index (χ1n) is 8.13. The molecule has 0 atom stereocenters. The zero-order chi connectivity index (χ0) is 19.4. The SMILES string of the molecule is CCn1nc(C)c(/C=C(/C#N)C(=O)Nc2cc(C)c(Cl)cc2OC)c1C. The van der Waals surface area contributed by atoms with Gasteiger partial charge in [0.25, 0.3) is 5.91 Å². The summed E-state index contributed by atoms with van der Waals surface area (Å²) in [6.45, 7) is 8.29. The number of aromatic nitrogens is 2. The molecule has 0 bridgehead atoms. The van der Waals surface area contributed by atoms with Crippen LogP contribution in [0.4, 0.5) is 5.69 Å². The van der Waals surface area contributed by atoms with E-state index in [1.54, 1.807) is 18.2 Å². The third kappa shape index (κ3) is 3.89. The summed E-state index contributed by atoms with van der Waals surface area (Å²) in [4.78, 5) is 12.6. The maximum atomic E-state index is 12.6. The van der Waals surface area contributed by atoms with E-state index in [0.29, 0.717) is 16.5 Å². The van der Waals surface area contributed by atoms with Gasteiger partial charge in [-0.25, -0.2) is 0 Å². The summed E-state index contributed by atoms with van der Waals surface area (Å²) in [5.74, 6) is -0.0898. The highest BCUT2D eigenvalue weighted by atomic mass is 35.5. The van der Waals surface area contributed by atoms with E-state index in [9.17, 15) is 10.1 Å². The van der Waals surface area contributed by atoms with Crippen LogP contribution in [0.1, 0.15) is 29.4 Å². The number of rotatable bonds is 5. The molecule has 0 spiro atoms. The first kappa shape index (κ1) is 19.5. The van der Waals surface area contributed by atoms with Gasteiger partial charge in [-0.1, -0.05) is 11.6 Å². The fraction of sp³-hybridized carbons (Fsp3) is 0.316. The Kier molecular flexibility index (Phi) is 6.06. The van der Waals surface area contributed by atoms with Crippen LogP contribution in [0.15, 0.2) is 17.7 Å². The van der Waals surface area contributed by atoms with Crippen LogP contribution in [0, 0.1) is 32.1 Å². The summed E-state index contributed by atoms with van der Waals surface area (Å²) in [6, 6.07) is 5.30. The number of carbonyl (C=O) groups is 1. The van der Waals surface area contributed by atoms with Gasteiger partial charge in [-0.2, -0.15) is 10.4 Å². The maximum Gasteiger partial charge on any atom is 0.266 e. The van der Waals surface area contributed by atoms with E-state index in [1.807, 2.05) is 38.4 Å². The number of ether oxygens (including phenoxy) is 1. The smallest absolute Gasteiger partial charge is 0.266 e. The number of nitriles is 1. The van der Waals surface area contributed by atoms with E-state index in [0.717, 1.165) is 29.1 Å². The largest absolute Gasteiger partial charge is 0.495 e. The Bertz CT molecular complexity index is 923. The molecular weight excluding hydrogens is 352 g/mol. The minimum Gasteiger partial charge on any atom is -0.495 e. The molecule has 1 aromatic heterocycles. The highest BCUT2D eigenvalue weighted by Crippen LogP contribution is 2.31. The van der Waals surface area contributed by atoms with Crippen molar-refractivity contribution in [3.63, 3.8) is 0 Å². The van der Waals surface area contributed by atoms with Crippen molar-refractivity contribution in [1.82, 2.24) is 9.78 Å². The Balaban J connectivity index is 2.38. The van der Waals surface area contributed by atoms with Crippen molar-refractivity contribution in [2.24, 2.45) is 0 Å². The Hall–Kier alpha value is -2.78. The summed E-state index contributed by atoms with van der Waals surface area (Å²) in [7, 11) is 1.49. The molecule has 7 heteroatoms. The van der Waals surface area contributed by atoms with E-state index >= 15 is 0 Å². The molecule has 0 saturated heterocycles. The molecule has 1 N–H and O–H groups in total. The molecule has 0 fully saturated rings. The van der Waals surface area contributed by atoms with Crippen LogP contribution in [0.5, 0.6) is 5.75 Å². The molecule has 2 aromatic rings. The fourth-order valence-electron chi connectivity index (χ4n) is 2.64. The number of nitrogens with one attached hydrogen (secondary N) is 1. The number of nitrogens with zero attached hydrogens (tertiary/aromatic N) is 3. The molecule has 0 saturated carbocycles. The van der Waals surface area contributed by atoms with Crippen LogP contribution in [0.3, 0.4) is 0 Å². The highest BCUT2D eigenvalue weighted by molar-refractivity contribution is 6.31. The van der Waals surface area contributed by atoms with Crippen LogP contribution in [-0.4, -0.2) is 22.8 Å². The zero-order valence-electron chi connectivity index (χ0n) is 15.5. The third-order valence-corrected chi connectivity index (χ3v) is 4.53. The molecule has 0 aliphatic rings. The average Bonchev–Trinajstić information content (AvgIpc) is 2.89. The number of anilines is 1. The molecular formula is C19H21ClN4O2. The van der Waals surface area contributed by atoms with Crippen LogP contribution in [0.2, 0.25) is 5.02 Å². The van der Waals surface area contributed by atoms with Crippen molar-refractivity contribution < 1.29 is 9.53 Å². The zero-order valence-corrected chi connectivity index (χ0v) is 16.2. The molecule has 136 valence electrons. The van der Waals surface area contributed by atoms with Gasteiger partial charge in [0.05, 0.1) is 18.5 Å². The van der Waals surface area contributed by atoms with Gasteiger partial charge in [-0.3, -0.25) is 9.48 Å². The predicted molar refractivity (Wildman–Crippen MR) is 102 cm³/mol. The van der Waals surface area contributed by atoms with Gasteiger partial charge in [0.1, 0.15) is 17.4 Å². The molecule has 26 heavy (non-hydrogen) atoms. The van der Waals surface area contributed by atoms with Crippen molar-refractivity contribution in [3.8, 4) is 11.8 Å². The van der Waals surface area contributed by atoms with Gasteiger partial charge in [0, 0.05) is 28.9 Å². The Morgan fingerprint density at radius 1 is 1.42 bits per heavy atom. The average molecular weight is 373 g/mol. The number of carbonyl (C=O) groups excluding carboxylic acids is 1. The lowest BCUT2D eigenvalue weighted by Gasteiger charge is -2.12. The van der Waals surface area contributed by atoms with E-state index in [2.05, 4.69) is 10.4 Å². The molecule has 1 aromatic carbocycles. The molecule has 0 aliphatic carbocycles. The first-order valence-corrected chi connectivity index (χ1v) is 8.51. The van der Waals surface area contributed by atoms with Gasteiger partial charge in [-0.15, -0.1) is 0 Å². The topological polar surface area (TPSA) is 79.9 Å². The third-order valence-electron chi connectivity index (χ3n) is 4.12. The van der Waals surface area contributed by atoms with E-state index in [4.69, 9.17) is 16.3 Å². The number of aryl methyl sites for hydroxylation is 3.